The molecule has 1 fully saturated rings. The van der Waals surface area contributed by atoms with Gasteiger partial charge in [-0.1, -0.05) is 6.08 Å². The molecule has 4 nitrogen and oxygen atoms in total. The second-order valence-corrected chi connectivity index (χ2v) is 3.36. The summed E-state index contributed by atoms with van der Waals surface area (Å²) in [6.45, 7) is 9.13. The van der Waals surface area contributed by atoms with Gasteiger partial charge in [0.05, 0.1) is 19.3 Å². The molecule has 0 saturated carbocycles. The standard InChI is InChI=1S/C10H18N2O2/c1-3-4-11-10(13)9(2)12-5-7-14-8-6-12/h3,9H,1,4-8H2,2H3,(H,11,13)/t9-/m0/s1. The molecule has 1 heterocycles. The first kappa shape index (κ1) is 11.2. The number of morpholine rings is 1. The quantitative estimate of drug-likeness (QED) is 0.647. The van der Waals surface area contributed by atoms with Crippen molar-refractivity contribution >= 4 is 5.91 Å². The summed E-state index contributed by atoms with van der Waals surface area (Å²) in [6.07, 6.45) is 1.68. The van der Waals surface area contributed by atoms with Crippen molar-refractivity contribution in [3.8, 4) is 0 Å². The number of hydrogen-bond acceptors (Lipinski definition) is 3. The lowest BCUT2D eigenvalue weighted by Gasteiger charge is -2.31. The largest absolute Gasteiger partial charge is 0.379 e. The number of hydrogen-bond donors (Lipinski definition) is 1. The third-order valence-corrected chi connectivity index (χ3v) is 2.39. The predicted molar refractivity (Wildman–Crippen MR) is 55.1 cm³/mol. The average molecular weight is 198 g/mol. The molecule has 0 aliphatic carbocycles. The van der Waals surface area contributed by atoms with Gasteiger partial charge in [0, 0.05) is 19.6 Å². The Hall–Kier alpha value is -0.870. The summed E-state index contributed by atoms with van der Waals surface area (Å²) in [5.41, 5.74) is 0. The number of amides is 1. The SMILES string of the molecule is C=CCNC(=O)[C@H](C)N1CCOCC1. The van der Waals surface area contributed by atoms with E-state index in [2.05, 4.69) is 16.8 Å². The Labute approximate surface area is 84.9 Å². The molecule has 0 aromatic carbocycles. The molecule has 1 saturated heterocycles. The molecule has 0 spiro atoms. The molecule has 1 rings (SSSR count). The summed E-state index contributed by atoms with van der Waals surface area (Å²) < 4.78 is 5.22. The fourth-order valence-corrected chi connectivity index (χ4v) is 1.45. The first-order valence-electron chi connectivity index (χ1n) is 4.96. The number of nitrogens with one attached hydrogen (secondary N) is 1. The summed E-state index contributed by atoms with van der Waals surface area (Å²) in [7, 11) is 0. The predicted octanol–water partition coefficient (Wildman–Crippen LogP) is 0.00930. The first-order chi connectivity index (χ1) is 6.75. The molecule has 14 heavy (non-hydrogen) atoms. The van der Waals surface area contributed by atoms with Crippen molar-refractivity contribution in [1.82, 2.24) is 10.2 Å². The molecule has 0 radical (unpaired) electrons. The molecule has 80 valence electrons. The zero-order chi connectivity index (χ0) is 10.4. The van der Waals surface area contributed by atoms with Crippen molar-refractivity contribution in [2.45, 2.75) is 13.0 Å². The molecule has 1 aliphatic rings. The van der Waals surface area contributed by atoms with E-state index >= 15 is 0 Å². The number of nitrogens with zero attached hydrogens (tertiary/aromatic N) is 1. The molecular weight excluding hydrogens is 180 g/mol. The lowest BCUT2D eigenvalue weighted by molar-refractivity contribution is -0.127. The van der Waals surface area contributed by atoms with Gasteiger partial charge in [0.2, 0.25) is 5.91 Å². The normalized spacial score (nSPS) is 20.1. The van der Waals surface area contributed by atoms with Gasteiger partial charge in [0.15, 0.2) is 0 Å². The van der Waals surface area contributed by atoms with Crippen LogP contribution in [0.25, 0.3) is 0 Å². The highest BCUT2D eigenvalue weighted by atomic mass is 16.5. The van der Waals surface area contributed by atoms with Crippen LogP contribution in [-0.4, -0.2) is 49.7 Å². The molecule has 1 N–H and O–H groups in total. The van der Waals surface area contributed by atoms with E-state index in [1.165, 1.54) is 0 Å². The maximum absolute atomic E-state index is 11.6. The lowest BCUT2D eigenvalue weighted by atomic mass is 10.2. The van der Waals surface area contributed by atoms with Gasteiger partial charge in [-0.05, 0) is 6.92 Å². The first-order valence-corrected chi connectivity index (χ1v) is 4.96. The van der Waals surface area contributed by atoms with Gasteiger partial charge in [-0.2, -0.15) is 0 Å². The van der Waals surface area contributed by atoms with Crippen LogP contribution < -0.4 is 5.32 Å². The van der Waals surface area contributed by atoms with Crippen molar-refractivity contribution < 1.29 is 9.53 Å². The van der Waals surface area contributed by atoms with Crippen LogP contribution in [0.15, 0.2) is 12.7 Å². The van der Waals surface area contributed by atoms with Gasteiger partial charge < -0.3 is 10.1 Å². The van der Waals surface area contributed by atoms with E-state index in [0.717, 1.165) is 26.3 Å². The second kappa shape index (κ2) is 5.78. The van der Waals surface area contributed by atoms with Crippen molar-refractivity contribution in [2.75, 3.05) is 32.8 Å². The van der Waals surface area contributed by atoms with Crippen LogP contribution >= 0.6 is 0 Å². The highest BCUT2D eigenvalue weighted by Crippen LogP contribution is 2.03. The average Bonchev–Trinajstić information content (AvgIpc) is 2.26. The zero-order valence-electron chi connectivity index (χ0n) is 8.66. The van der Waals surface area contributed by atoms with Gasteiger partial charge >= 0.3 is 0 Å². The Morgan fingerprint density at radius 1 is 1.64 bits per heavy atom. The summed E-state index contributed by atoms with van der Waals surface area (Å²) >= 11 is 0. The van der Waals surface area contributed by atoms with E-state index < -0.39 is 0 Å². The van der Waals surface area contributed by atoms with Crippen LogP contribution in [0.5, 0.6) is 0 Å². The maximum atomic E-state index is 11.6. The zero-order valence-corrected chi connectivity index (χ0v) is 8.66. The monoisotopic (exact) mass is 198 g/mol. The van der Waals surface area contributed by atoms with Gasteiger partial charge in [0.1, 0.15) is 0 Å². The van der Waals surface area contributed by atoms with Crippen LogP contribution in [0, 0.1) is 0 Å². The minimum atomic E-state index is -0.0705. The molecule has 0 aromatic rings. The van der Waals surface area contributed by atoms with Crippen molar-refractivity contribution in [2.24, 2.45) is 0 Å². The smallest absolute Gasteiger partial charge is 0.237 e. The highest BCUT2D eigenvalue weighted by molar-refractivity contribution is 5.81. The molecular formula is C10H18N2O2. The Morgan fingerprint density at radius 2 is 2.29 bits per heavy atom. The maximum Gasteiger partial charge on any atom is 0.237 e. The van der Waals surface area contributed by atoms with Crippen LogP contribution in [0.1, 0.15) is 6.92 Å². The van der Waals surface area contributed by atoms with Gasteiger partial charge in [-0.15, -0.1) is 6.58 Å². The van der Waals surface area contributed by atoms with Crippen molar-refractivity contribution in [1.29, 1.82) is 0 Å². The molecule has 1 amide bonds. The molecule has 1 aliphatic heterocycles. The third-order valence-electron chi connectivity index (χ3n) is 2.39. The Morgan fingerprint density at radius 3 is 2.86 bits per heavy atom. The van der Waals surface area contributed by atoms with E-state index in [1.54, 1.807) is 6.08 Å². The molecule has 0 unspecified atom stereocenters. The minimum absolute atomic E-state index is 0.0619. The number of carbonyl (C=O) groups excluding carboxylic acids is 1. The molecule has 0 aromatic heterocycles. The topological polar surface area (TPSA) is 41.6 Å². The molecule has 0 bridgehead atoms. The van der Waals surface area contributed by atoms with Gasteiger partial charge in [0.25, 0.3) is 0 Å². The van der Waals surface area contributed by atoms with E-state index in [1.807, 2.05) is 6.92 Å². The van der Waals surface area contributed by atoms with Crippen molar-refractivity contribution in [3.63, 3.8) is 0 Å². The van der Waals surface area contributed by atoms with E-state index in [-0.39, 0.29) is 11.9 Å². The molecule has 1 atom stereocenters. The van der Waals surface area contributed by atoms with Crippen LogP contribution in [0.2, 0.25) is 0 Å². The third kappa shape index (κ3) is 3.12. The summed E-state index contributed by atoms with van der Waals surface area (Å²) in [4.78, 5) is 13.7. The number of ether oxygens (including phenoxy) is 1. The fraction of sp³-hybridized carbons (Fsp3) is 0.700. The van der Waals surface area contributed by atoms with Crippen LogP contribution in [0.3, 0.4) is 0 Å². The van der Waals surface area contributed by atoms with Crippen molar-refractivity contribution in [3.05, 3.63) is 12.7 Å². The highest BCUT2D eigenvalue weighted by Gasteiger charge is 2.22. The summed E-state index contributed by atoms with van der Waals surface area (Å²) in [6, 6.07) is -0.0705. The van der Waals surface area contributed by atoms with E-state index in [0.29, 0.717) is 6.54 Å². The number of carbonyl (C=O) groups is 1. The van der Waals surface area contributed by atoms with E-state index in [4.69, 9.17) is 4.74 Å². The van der Waals surface area contributed by atoms with Crippen LogP contribution in [-0.2, 0) is 9.53 Å². The van der Waals surface area contributed by atoms with Gasteiger partial charge in [-0.25, -0.2) is 0 Å². The van der Waals surface area contributed by atoms with Gasteiger partial charge in [-0.3, -0.25) is 9.69 Å². The Balaban J connectivity index is 2.33. The number of rotatable bonds is 4. The van der Waals surface area contributed by atoms with Crippen LogP contribution in [0.4, 0.5) is 0 Å². The lowest BCUT2D eigenvalue weighted by Crippen LogP contribution is -2.49. The summed E-state index contributed by atoms with van der Waals surface area (Å²) in [5.74, 6) is 0.0619. The minimum Gasteiger partial charge on any atom is -0.379 e. The Bertz CT molecular complexity index is 200. The fourth-order valence-electron chi connectivity index (χ4n) is 1.45. The second-order valence-electron chi connectivity index (χ2n) is 3.36. The van der Waals surface area contributed by atoms with E-state index in [9.17, 15) is 4.79 Å². The Kier molecular flexibility index (Phi) is 4.62. The molecule has 4 heteroatoms. The summed E-state index contributed by atoms with van der Waals surface area (Å²) in [5, 5.41) is 2.79.